The summed E-state index contributed by atoms with van der Waals surface area (Å²) in [6, 6.07) is 5.30. The number of aliphatic carboxylic acids is 1. The second-order valence-corrected chi connectivity index (χ2v) is 7.00. The van der Waals surface area contributed by atoms with Crippen molar-refractivity contribution in [3.63, 3.8) is 0 Å². The normalized spacial score (nSPS) is 17.2. The van der Waals surface area contributed by atoms with Gasteiger partial charge in [0.15, 0.2) is 0 Å². The van der Waals surface area contributed by atoms with Crippen LogP contribution in [0.4, 0.5) is 17.6 Å². The van der Waals surface area contributed by atoms with Crippen LogP contribution in [0.1, 0.15) is 24.0 Å². The van der Waals surface area contributed by atoms with Gasteiger partial charge in [0.2, 0.25) is 0 Å². The Morgan fingerprint density at radius 3 is 2.48 bits per heavy atom. The zero-order valence-corrected chi connectivity index (χ0v) is 17.2. The van der Waals surface area contributed by atoms with E-state index in [2.05, 4.69) is 5.16 Å². The van der Waals surface area contributed by atoms with Crippen molar-refractivity contribution in [2.45, 2.75) is 12.8 Å². The molecule has 3 rings (SSSR count). The van der Waals surface area contributed by atoms with Crippen LogP contribution in [0.15, 0.2) is 41.6 Å². The molecule has 1 atom stereocenters. The summed E-state index contributed by atoms with van der Waals surface area (Å²) in [7, 11) is 0. The van der Waals surface area contributed by atoms with E-state index >= 15 is 0 Å². The molecule has 1 heterocycles. The Bertz CT molecular complexity index is 958. The molecule has 1 fully saturated rings. The molecule has 10 heteroatoms. The summed E-state index contributed by atoms with van der Waals surface area (Å²) < 4.78 is 55.5. The van der Waals surface area contributed by atoms with Crippen molar-refractivity contribution in [2.24, 2.45) is 11.1 Å². The number of carbonyl (C=O) groups is 1. The molecule has 1 saturated heterocycles. The lowest BCUT2D eigenvalue weighted by atomic mass is 9.98. The number of rotatable bonds is 7. The van der Waals surface area contributed by atoms with E-state index in [1.54, 1.807) is 0 Å². The molecule has 1 aliphatic rings. The Morgan fingerprint density at radius 1 is 1.06 bits per heavy atom. The third-order valence-corrected chi connectivity index (χ3v) is 4.88. The van der Waals surface area contributed by atoms with Gasteiger partial charge in [-0.15, -0.1) is 12.4 Å². The first-order chi connectivity index (χ1) is 14.3. The molecular weight excluding hydrogens is 440 g/mol. The Labute approximate surface area is 182 Å². The molecule has 1 unspecified atom stereocenters. The number of likely N-dealkylation sites (tertiary alicyclic amines) is 1. The molecule has 1 aliphatic heterocycles. The smallest absolute Gasteiger partial charge is 0.307 e. The minimum absolute atomic E-state index is 0. The summed E-state index contributed by atoms with van der Waals surface area (Å²) in [6.07, 6.45) is 1.35. The Kier molecular flexibility index (Phi) is 8.82. The predicted octanol–water partition coefficient (Wildman–Crippen LogP) is 4.23. The van der Waals surface area contributed by atoms with Gasteiger partial charge in [-0.05, 0) is 49.7 Å². The highest BCUT2D eigenvalue weighted by molar-refractivity contribution is 6.12. The van der Waals surface area contributed by atoms with E-state index in [4.69, 9.17) is 9.94 Å². The molecule has 0 saturated carbocycles. The van der Waals surface area contributed by atoms with Crippen molar-refractivity contribution in [1.82, 2.24) is 4.90 Å². The van der Waals surface area contributed by atoms with Crippen LogP contribution in [0.5, 0.6) is 0 Å². The first-order valence-electron chi connectivity index (χ1n) is 9.41. The number of hydrogen-bond donors (Lipinski definition) is 1. The molecule has 168 valence electrons. The van der Waals surface area contributed by atoms with E-state index in [1.165, 1.54) is 0 Å². The quantitative estimate of drug-likeness (QED) is 0.291. The number of oxime groups is 1. The fraction of sp³-hybridized carbons (Fsp3) is 0.333. The maximum absolute atomic E-state index is 14.3. The third kappa shape index (κ3) is 6.41. The number of carboxylic acid groups (broad SMARTS) is 1. The van der Waals surface area contributed by atoms with Crippen molar-refractivity contribution in [3.8, 4) is 0 Å². The van der Waals surface area contributed by atoms with Crippen LogP contribution in [-0.2, 0) is 9.63 Å². The molecule has 0 radical (unpaired) electrons. The Balaban J connectivity index is 0.00000341. The van der Waals surface area contributed by atoms with E-state index in [0.29, 0.717) is 32.1 Å². The molecule has 0 aliphatic carbocycles. The van der Waals surface area contributed by atoms with Crippen LogP contribution >= 0.6 is 12.4 Å². The van der Waals surface area contributed by atoms with Gasteiger partial charge in [0.1, 0.15) is 35.6 Å². The SMILES string of the molecule is Cl.O=C(O)C1CCCN(CCON=C(c2ccc(F)cc2F)c2cc(F)ccc2F)C1. The average Bonchev–Trinajstić information content (AvgIpc) is 2.71. The lowest BCUT2D eigenvalue weighted by Gasteiger charge is -2.29. The maximum Gasteiger partial charge on any atom is 0.307 e. The number of benzene rings is 2. The van der Waals surface area contributed by atoms with Gasteiger partial charge >= 0.3 is 5.97 Å². The Hall–Kier alpha value is -2.65. The number of hydrogen-bond acceptors (Lipinski definition) is 4. The largest absolute Gasteiger partial charge is 0.481 e. The van der Waals surface area contributed by atoms with Crippen LogP contribution in [0, 0.1) is 29.2 Å². The highest BCUT2D eigenvalue weighted by Gasteiger charge is 2.25. The van der Waals surface area contributed by atoms with Gasteiger partial charge in [0.25, 0.3) is 0 Å². The molecule has 0 aromatic heterocycles. The number of halogens is 5. The van der Waals surface area contributed by atoms with Crippen LogP contribution in [0.3, 0.4) is 0 Å². The molecule has 5 nitrogen and oxygen atoms in total. The zero-order valence-electron chi connectivity index (χ0n) is 16.4. The molecule has 31 heavy (non-hydrogen) atoms. The van der Waals surface area contributed by atoms with E-state index in [9.17, 15) is 22.4 Å². The van der Waals surface area contributed by atoms with E-state index in [-0.39, 0.29) is 35.9 Å². The lowest BCUT2D eigenvalue weighted by Crippen LogP contribution is -2.40. The van der Waals surface area contributed by atoms with Crippen molar-refractivity contribution in [1.29, 1.82) is 0 Å². The molecule has 0 spiro atoms. The first kappa shape index (κ1) is 24.6. The molecular formula is C21H21ClF4N2O3. The second-order valence-electron chi connectivity index (χ2n) is 7.00. The summed E-state index contributed by atoms with van der Waals surface area (Å²) in [6.45, 7) is 1.46. The van der Waals surface area contributed by atoms with Crippen LogP contribution < -0.4 is 0 Å². The van der Waals surface area contributed by atoms with Crippen LogP contribution in [-0.4, -0.2) is 47.9 Å². The van der Waals surface area contributed by atoms with Crippen molar-refractivity contribution in [3.05, 3.63) is 70.8 Å². The van der Waals surface area contributed by atoms with Gasteiger partial charge in [-0.1, -0.05) is 5.16 Å². The fourth-order valence-corrected chi connectivity index (χ4v) is 3.34. The number of carboxylic acids is 1. The topological polar surface area (TPSA) is 62.1 Å². The zero-order chi connectivity index (χ0) is 21.7. The van der Waals surface area contributed by atoms with Gasteiger partial charge in [0.05, 0.1) is 5.92 Å². The summed E-state index contributed by atoms with van der Waals surface area (Å²) in [5.74, 6) is -4.73. The predicted molar refractivity (Wildman–Crippen MR) is 108 cm³/mol. The van der Waals surface area contributed by atoms with Crippen molar-refractivity contribution < 1.29 is 32.3 Å². The minimum Gasteiger partial charge on any atom is -0.481 e. The van der Waals surface area contributed by atoms with Crippen LogP contribution in [0.2, 0.25) is 0 Å². The van der Waals surface area contributed by atoms with E-state index in [0.717, 1.165) is 36.8 Å². The monoisotopic (exact) mass is 460 g/mol. The Morgan fingerprint density at radius 2 is 1.77 bits per heavy atom. The summed E-state index contributed by atoms with van der Waals surface area (Å²) in [4.78, 5) is 18.3. The highest BCUT2D eigenvalue weighted by Crippen LogP contribution is 2.20. The minimum atomic E-state index is -0.999. The molecule has 1 N–H and O–H groups in total. The average molecular weight is 461 g/mol. The summed E-state index contributed by atoms with van der Waals surface area (Å²) >= 11 is 0. The van der Waals surface area contributed by atoms with Gasteiger partial charge in [-0.25, -0.2) is 17.6 Å². The van der Waals surface area contributed by atoms with Gasteiger partial charge < -0.3 is 9.94 Å². The summed E-state index contributed by atoms with van der Waals surface area (Å²) in [5, 5.41) is 12.9. The van der Waals surface area contributed by atoms with E-state index < -0.39 is 35.2 Å². The highest BCUT2D eigenvalue weighted by atomic mass is 35.5. The van der Waals surface area contributed by atoms with Gasteiger partial charge in [-0.2, -0.15) is 0 Å². The van der Waals surface area contributed by atoms with E-state index in [1.807, 2.05) is 4.90 Å². The molecule has 0 bridgehead atoms. The van der Waals surface area contributed by atoms with Crippen LogP contribution in [0.25, 0.3) is 0 Å². The number of nitrogens with zero attached hydrogens (tertiary/aromatic N) is 2. The van der Waals surface area contributed by atoms with Crippen molar-refractivity contribution in [2.75, 3.05) is 26.2 Å². The third-order valence-electron chi connectivity index (χ3n) is 4.88. The lowest BCUT2D eigenvalue weighted by molar-refractivity contribution is -0.143. The maximum atomic E-state index is 14.3. The van der Waals surface area contributed by atoms with Gasteiger partial charge in [0, 0.05) is 30.3 Å². The second kappa shape index (κ2) is 11.1. The number of piperidine rings is 1. The standard InChI is InChI=1S/C21H20F4N2O3.ClH/c22-14-4-6-18(24)17(10-14)20(16-5-3-15(23)11-19(16)25)26-30-9-8-27-7-1-2-13(12-27)21(28)29;/h3-6,10-11,13H,1-2,7-9,12H2,(H,28,29);1H. The van der Waals surface area contributed by atoms with Crippen molar-refractivity contribution >= 4 is 24.1 Å². The molecule has 0 amide bonds. The molecule has 2 aromatic carbocycles. The molecule has 2 aromatic rings. The van der Waals surface area contributed by atoms with Gasteiger partial charge in [-0.3, -0.25) is 9.69 Å². The fourth-order valence-electron chi connectivity index (χ4n) is 3.34. The summed E-state index contributed by atoms with van der Waals surface area (Å²) in [5.41, 5.74) is -0.888. The first-order valence-corrected chi connectivity index (χ1v) is 9.41.